The highest BCUT2D eigenvalue weighted by molar-refractivity contribution is 7.99. The third kappa shape index (κ3) is 4.08. The van der Waals surface area contributed by atoms with Crippen LogP contribution in [-0.2, 0) is 4.79 Å². The third-order valence-electron chi connectivity index (χ3n) is 3.66. The summed E-state index contributed by atoms with van der Waals surface area (Å²) in [5.74, 6) is -0.0150. The van der Waals surface area contributed by atoms with E-state index in [4.69, 9.17) is 23.2 Å². The Morgan fingerprint density at radius 3 is 2.81 bits per heavy atom. The number of amides is 1. The molecule has 7 nitrogen and oxygen atoms in total. The highest BCUT2D eigenvalue weighted by Crippen LogP contribution is 2.25. The number of hydrogen-bond donors (Lipinski definition) is 2. The molecule has 10 heteroatoms. The molecular formula is C17H12Cl2N6OS. The number of rotatable bonds is 5. The molecule has 4 aromatic rings. The summed E-state index contributed by atoms with van der Waals surface area (Å²) in [6.07, 6.45) is 2.97. The molecule has 0 fully saturated rings. The van der Waals surface area contributed by atoms with Crippen LogP contribution in [-0.4, -0.2) is 36.4 Å². The van der Waals surface area contributed by atoms with Crippen molar-refractivity contribution in [1.29, 1.82) is 0 Å². The average Bonchev–Trinajstić information content (AvgIpc) is 3.29. The summed E-state index contributed by atoms with van der Waals surface area (Å²) in [6.45, 7) is 0. The van der Waals surface area contributed by atoms with E-state index in [1.807, 2.05) is 6.07 Å². The molecule has 1 amide bonds. The zero-order valence-electron chi connectivity index (χ0n) is 13.7. The van der Waals surface area contributed by atoms with Gasteiger partial charge in [0, 0.05) is 10.0 Å². The van der Waals surface area contributed by atoms with Crippen LogP contribution in [0.4, 0.5) is 5.69 Å². The van der Waals surface area contributed by atoms with Gasteiger partial charge in [-0.2, -0.15) is 5.10 Å². The minimum absolute atomic E-state index is 0.177. The van der Waals surface area contributed by atoms with E-state index in [1.54, 1.807) is 41.3 Å². The van der Waals surface area contributed by atoms with Crippen LogP contribution in [0.3, 0.4) is 0 Å². The molecule has 4 rings (SSSR count). The van der Waals surface area contributed by atoms with Gasteiger partial charge in [0.15, 0.2) is 5.16 Å². The van der Waals surface area contributed by atoms with Crippen LogP contribution < -0.4 is 5.32 Å². The van der Waals surface area contributed by atoms with Crippen molar-refractivity contribution in [2.24, 2.45) is 0 Å². The molecule has 0 unspecified atom stereocenters. The fourth-order valence-electron chi connectivity index (χ4n) is 2.49. The molecule has 0 atom stereocenters. The van der Waals surface area contributed by atoms with Gasteiger partial charge in [0.05, 0.1) is 28.2 Å². The highest BCUT2D eigenvalue weighted by atomic mass is 35.5. The van der Waals surface area contributed by atoms with Gasteiger partial charge in [0.2, 0.25) is 5.91 Å². The Morgan fingerprint density at radius 2 is 2.00 bits per heavy atom. The standard InChI is InChI=1S/C17H12Cl2N6OS/c18-10-1-3-12-13(5-10)24-17(23-12)27-7-16(26)22-14-6-11(19)2-4-15(14)25-9-20-8-21-25/h1-6,8-9H,7H2,(H,22,26)(H,23,24). The first-order valence-electron chi connectivity index (χ1n) is 7.81. The molecule has 0 saturated heterocycles. The first-order chi connectivity index (χ1) is 13.1. The number of aromatic nitrogens is 5. The molecule has 136 valence electrons. The van der Waals surface area contributed by atoms with Crippen molar-refractivity contribution in [2.45, 2.75) is 5.16 Å². The molecule has 0 saturated carbocycles. The predicted octanol–water partition coefficient (Wildman–Crippen LogP) is 4.18. The summed E-state index contributed by atoms with van der Waals surface area (Å²) in [7, 11) is 0. The van der Waals surface area contributed by atoms with E-state index in [2.05, 4.69) is 25.4 Å². The number of anilines is 1. The van der Waals surface area contributed by atoms with Gasteiger partial charge >= 0.3 is 0 Å². The molecule has 0 aliphatic carbocycles. The molecule has 0 aliphatic rings. The number of halogens is 2. The Balaban J connectivity index is 1.47. The summed E-state index contributed by atoms with van der Waals surface area (Å²) in [5, 5.41) is 8.73. The molecule has 2 heterocycles. The van der Waals surface area contributed by atoms with Crippen LogP contribution in [0, 0.1) is 0 Å². The SMILES string of the molecule is O=C(CSc1nc2ccc(Cl)cc2[nH]1)Nc1cc(Cl)ccc1-n1cncn1. The summed E-state index contributed by atoms with van der Waals surface area (Å²) in [6, 6.07) is 10.6. The molecule has 0 bridgehead atoms. The molecule has 0 aliphatic heterocycles. The molecule has 0 radical (unpaired) electrons. The number of benzene rings is 2. The largest absolute Gasteiger partial charge is 0.333 e. The van der Waals surface area contributed by atoms with E-state index in [-0.39, 0.29) is 11.7 Å². The number of carbonyl (C=O) groups is 1. The Hall–Kier alpha value is -2.55. The van der Waals surface area contributed by atoms with Crippen LogP contribution in [0.2, 0.25) is 10.0 Å². The van der Waals surface area contributed by atoms with Crippen molar-refractivity contribution in [2.75, 3.05) is 11.1 Å². The Kier molecular flexibility index (Phi) is 5.02. The normalized spacial score (nSPS) is 11.0. The monoisotopic (exact) mass is 418 g/mol. The van der Waals surface area contributed by atoms with E-state index in [1.165, 1.54) is 18.1 Å². The number of H-pyrrole nitrogens is 1. The first kappa shape index (κ1) is 17.8. The number of thioether (sulfide) groups is 1. The van der Waals surface area contributed by atoms with Gasteiger partial charge in [-0.1, -0.05) is 35.0 Å². The van der Waals surface area contributed by atoms with Gasteiger partial charge < -0.3 is 10.3 Å². The maximum atomic E-state index is 12.4. The molecular weight excluding hydrogens is 407 g/mol. The van der Waals surface area contributed by atoms with Crippen LogP contribution in [0.1, 0.15) is 0 Å². The summed E-state index contributed by atoms with van der Waals surface area (Å²) >= 11 is 13.3. The summed E-state index contributed by atoms with van der Waals surface area (Å²) in [5.41, 5.74) is 2.85. The fourth-order valence-corrected chi connectivity index (χ4v) is 3.52. The first-order valence-corrected chi connectivity index (χ1v) is 9.55. The van der Waals surface area contributed by atoms with Crippen molar-refractivity contribution in [3.8, 4) is 5.69 Å². The van der Waals surface area contributed by atoms with Crippen molar-refractivity contribution in [3.63, 3.8) is 0 Å². The summed E-state index contributed by atoms with van der Waals surface area (Å²) < 4.78 is 1.56. The number of nitrogens with one attached hydrogen (secondary N) is 2. The van der Waals surface area contributed by atoms with Crippen molar-refractivity contribution < 1.29 is 4.79 Å². The van der Waals surface area contributed by atoms with Crippen LogP contribution >= 0.6 is 35.0 Å². The Morgan fingerprint density at radius 1 is 1.19 bits per heavy atom. The van der Waals surface area contributed by atoms with E-state index >= 15 is 0 Å². The average molecular weight is 419 g/mol. The number of aromatic amines is 1. The van der Waals surface area contributed by atoms with Crippen LogP contribution in [0.5, 0.6) is 0 Å². The van der Waals surface area contributed by atoms with E-state index in [9.17, 15) is 4.79 Å². The van der Waals surface area contributed by atoms with Crippen molar-refractivity contribution in [3.05, 3.63) is 59.1 Å². The zero-order chi connectivity index (χ0) is 18.8. The Labute approximate surface area is 168 Å². The van der Waals surface area contributed by atoms with Gasteiger partial charge in [-0.15, -0.1) is 0 Å². The number of imidazole rings is 1. The lowest BCUT2D eigenvalue weighted by molar-refractivity contribution is -0.113. The predicted molar refractivity (Wildman–Crippen MR) is 107 cm³/mol. The van der Waals surface area contributed by atoms with Crippen molar-refractivity contribution in [1.82, 2.24) is 24.7 Å². The quantitative estimate of drug-likeness (QED) is 0.474. The smallest absolute Gasteiger partial charge is 0.234 e. The van der Waals surface area contributed by atoms with Crippen molar-refractivity contribution >= 4 is 57.6 Å². The third-order valence-corrected chi connectivity index (χ3v) is 5.00. The lowest BCUT2D eigenvalue weighted by Crippen LogP contribution is -2.16. The summed E-state index contributed by atoms with van der Waals surface area (Å²) in [4.78, 5) is 23.9. The molecule has 2 aromatic heterocycles. The van der Waals surface area contributed by atoms with Crippen LogP contribution in [0.25, 0.3) is 16.7 Å². The molecule has 27 heavy (non-hydrogen) atoms. The van der Waals surface area contributed by atoms with E-state index < -0.39 is 0 Å². The van der Waals surface area contributed by atoms with Gasteiger partial charge in [-0.25, -0.2) is 14.6 Å². The molecule has 2 aromatic carbocycles. The molecule has 0 spiro atoms. The maximum Gasteiger partial charge on any atom is 0.234 e. The minimum atomic E-state index is -0.192. The van der Waals surface area contributed by atoms with E-state index in [0.717, 1.165) is 11.0 Å². The zero-order valence-corrected chi connectivity index (χ0v) is 16.0. The lowest BCUT2D eigenvalue weighted by Gasteiger charge is -2.11. The van der Waals surface area contributed by atoms with Gasteiger partial charge in [-0.3, -0.25) is 4.79 Å². The second-order valence-electron chi connectivity index (χ2n) is 5.54. The van der Waals surface area contributed by atoms with Gasteiger partial charge in [0.1, 0.15) is 12.7 Å². The number of nitrogens with zero attached hydrogens (tertiary/aromatic N) is 4. The fraction of sp³-hybridized carbons (Fsp3) is 0.0588. The molecule has 2 N–H and O–H groups in total. The number of fused-ring (bicyclic) bond motifs is 1. The van der Waals surface area contributed by atoms with E-state index in [0.29, 0.717) is 26.6 Å². The maximum absolute atomic E-state index is 12.4. The number of hydrogen-bond acceptors (Lipinski definition) is 5. The number of carbonyl (C=O) groups excluding carboxylic acids is 1. The second-order valence-corrected chi connectivity index (χ2v) is 7.38. The van der Waals surface area contributed by atoms with Gasteiger partial charge in [0.25, 0.3) is 0 Å². The lowest BCUT2D eigenvalue weighted by atomic mass is 10.2. The van der Waals surface area contributed by atoms with Gasteiger partial charge in [-0.05, 0) is 36.4 Å². The topological polar surface area (TPSA) is 88.5 Å². The Bertz CT molecular complexity index is 1110. The van der Waals surface area contributed by atoms with Crippen LogP contribution in [0.15, 0.2) is 54.2 Å². The highest BCUT2D eigenvalue weighted by Gasteiger charge is 2.12. The minimum Gasteiger partial charge on any atom is -0.333 e. The second kappa shape index (κ2) is 7.59.